The molecule has 21 aromatic rings. The van der Waals surface area contributed by atoms with E-state index < -0.39 is 0 Å². The van der Waals surface area contributed by atoms with Crippen molar-refractivity contribution in [1.29, 1.82) is 0 Å². The monoisotopic (exact) mass is 1240 g/mol. The average Bonchev–Trinajstić information content (AvgIpc) is 1.23. The number of fused-ring (bicyclic) bond motifs is 18. The standard InChI is InChI=1S/C96H56O2/c1-3-21-59-49-63(43-41-57(59)19-1)61-23-15-26-67(51-61)90-75-30-7-9-32-77(75)92(78-33-10-8-31-76(78)90)69-46-48-84-88(55-69)98-96-94-70(38-18-40-74(94)71-28-5-6-29-73(71)95(84)96)66-45-47-72-86-53-65-25-17-39-83(85(65)56-89(86)97-87(72)54-66)93-81-36-13-11-34-79(81)91(80-35-12-14-37-82(80)93)68-27-16-24-62(52-68)64-44-42-58-20-2-4-22-60(58)50-64/h1-56H. The van der Waals surface area contributed by atoms with Crippen molar-refractivity contribution in [3.63, 3.8) is 0 Å². The summed E-state index contributed by atoms with van der Waals surface area (Å²) in [4.78, 5) is 0. The third kappa shape index (κ3) is 8.28. The molecule has 0 amide bonds. The van der Waals surface area contributed by atoms with Gasteiger partial charge in [0.25, 0.3) is 0 Å². The quantitative estimate of drug-likeness (QED) is 0.117. The van der Waals surface area contributed by atoms with Gasteiger partial charge in [0, 0.05) is 26.9 Å². The van der Waals surface area contributed by atoms with Gasteiger partial charge < -0.3 is 8.83 Å². The van der Waals surface area contributed by atoms with Crippen LogP contribution in [-0.2, 0) is 0 Å². The van der Waals surface area contributed by atoms with Crippen molar-refractivity contribution in [2.45, 2.75) is 0 Å². The third-order valence-electron chi connectivity index (χ3n) is 21.1. The highest BCUT2D eigenvalue weighted by molar-refractivity contribution is 6.33. The molecule has 0 fully saturated rings. The summed E-state index contributed by atoms with van der Waals surface area (Å²) in [5, 5.41) is 25.9. The Kier molecular flexibility index (Phi) is 11.9. The van der Waals surface area contributed by atoms with Gasteiger partial charge in [-0.1, -0.05) is 279 Å². The highest BCUT2D eigenvalue weighted by atomic mass is 16.3. The second-order valence-electron chi connectivity index (χ2n) is 26.4. The van der Waals surface area contributed by atoms with Crippen molar-refractivity contribution in [3.8, 4) is 77.9 Å². The molecular formula is C96H56O2. The smallest absolute Gasteiger partial charge is 0.144 e. The van der Waals surface area contributed by atoms with Crippen molar-refractivity contribution in [1.82, 2.24) is 0 Å². The Labute approximate surface area is 563 Å². The van der Waals surface area contributed by atoms with Crippen LogP contribution in [0.4, 0.5) is 0 Å². The van der Waals surface area contributed by atoms with Crippen LogP contribution in [0.15, 0.2) is 349 Å². The molecule has 452 valence electrons. The molecule has 2 heterocycles. The van der Waals surface area contributed by atoms with Crippen LogP contribution in [-0.4, -0.2) is 0 Å². The Morgan fingerprint density at radius 2 is 0.531 bits per heavy atom. The summed E-state index contributed by atoms with van der Waals surface area (Å²) in [6.07, 6.45) is 0. The SMILES string of the molecule is c1cc(-c2ccc3ccccc3c2)cc(-c2c3ccccc3c(-c3ccc4c(c3)oc3c5c(-c6ccc7c(c6)oc6cc8c(-c9c%10ccccc%10c(-c%10cccc(-c%11ccc%12ccccc%12c%11)c%10)c%10ccccc9%10)cccc8cc67)cccc5c5ccccc5c43)c3ccccc23)c1. The molecule has 0 spiro atoms. The van der Waals surface area contributed by atoms with E-state index in [0.717, 1.165) is 82.1 Å². The number of benzene rings is 19. The van der Waals surface area contributed by atoms with Gasteiger partial charge in [-0.3, -0.25) is 0 Å². The fourth-order valence-corrected chi connectivity index (χ4v) is 16.8. The van der Waals surface area contributed by atoms with E-state index in [2.05, 4.69) is 340 Å². The van der Waals surface area contributed by atoms with Crippen LogP contribution < -0.4 is 0 Å². The van der Waals surface area contributed by atoms with Gasteiger partial charge in [0.2, 0.25) is 0 Å². The van der Waals surface area contributed by atoms with Crippen LogP contribution in [0.25, 0.3) is 219 Å². The minimum absolute atomic E-state index is 0.840. The molecule has 0 aliphatic carbocycles. The molecule has 0 unspecified atom stereocenters. The lowest BCUT2D eigenvalue weighted by atomic mass is 9.84. The number of hydrogen-bond donors (Lipinski definition) is 0. The first-order chi connectivity index (χ1) is 48.6. The summed E-state index contributed by atoms with van der Waals surface area (Å²) >= 11 is 0. The van der Waals surface area contributed by atoms with Gasteiger partial charge >= 0.3 is 0 Å². The Bertz CT molecular complexity index is 6880. The van der Waals surface area contributed by atoms with E-state index in [1.165, 1.54) is 137 Å². The molecule has 0 bridgehead atoms. The lowest BCUT2D eigenvalue weighted by molar-refractivity contribution is 0.669. The first-order valence-corrected chi connectivity index (χ1v) is 33.8. The number of rotatable bonds is 7. The highest BCUT2D eigenvalue weighted by Gasteiger charge is 2.24. The van der Waals surface area contributed by atoms with Crippen LogP contribution in [0.5, 0.6) is 0 Å². The van der Waals surface area contributed by atoms with Gasteiger partial charge in [0.1, 0.15) is 22.3 Å². The lowest BCUT2D eigenvalue weighted by Crippen LogP contribution is -1.92. The second kappa shape index (κ2) is 21.3. The summed E-state index contributed by atoms with van der Waals surface area (Å²) in [6.45, 7) is 0. The minimum atomic E-state index is 0.840. The summed E-state index contributed by atoms with van der Waals surface area (Å²) in [5.74, 6) is 0. The van der Waals surface area contributed by atoms with Crippen molar-refractivity contribution in [3.05, 3.63) is 340 Å². The maximum absolute atomic E-state index is 7.42. The summed E-state index contributed by atoms with van der Waals surface area (Å²) in [6, 6.07) is 125. The van der Waals surface area contributed by atoms with E-state index in [-0.39, 0.29) is 0 Å². The molecule has 0 atom stereocenters. The molecule has 0 aliphatic rings. The fourth-order valence-electron chi connectivity index (χ4n) is 16.8. The van der Waals surface area contributed by atoms with Gasteiger partial charge in [0.05, 0.1) is 0 Å². The first kappa shape index (κ1) is 54.5. The zero-order valence-electron chi connectivity index (χ0n) is 53.1. The average molecular weight is 1240 g/mol. The maximum atomic E-state index is 7.42. The fraction of sp³-hybridized carbons (Fsp3) is 0. The zero-order chi connectivity index (χ0) is 64.1. The number of furan rings is 2. The molecule has 0 aliphatic heterocycles. The van der Waals surface area contributed by atoms with E-state index in [4.69, 9.17) is 8.83 Å². The molecule has 2 aromatic heterocycles. The van der Waals surface area contributed by atoms with Crippen LogP contribution >= 0.6 is 0 Å². The van der Waals surface area contributed by atoms with Crippen molar-refractivity contribution in [2.75, 3.05) is 0 Å². The predicted molar refractivity (Wildman–Crippen MR) is 417 cm³/mol. The largest absolute Gasteiger partial charge is 0.456 e. The normalized spacial score (nSPS) is 12.1. The van der Waals surface area contributed by atoms with E-state index in [0.29, 0.717) is 0 Å². The molecule has 0 radical (unpaired) electrons. The van der Waals surface area contributed by atoms with Crippen LogP contribution in [0, 0.1) is 0 Å². The van der Waals surface area contributed by atoms with Crippen LogP contribution in [0.3, 0.4) is 0 Å². The Balaban J connectivity index is 0.694. The molecule has 0 saturated heterocycles. The molecular weight excluding hydrogens is 1190 g/mol. The number of hydrogen-bond acceptors (Lipinski definition) is 2. The molecule has 21 rings (SSSR count). The second-order valence-corrected chi connectivity index (χ2v) is 26.4. The Hall–Kier alpha value is -12.9. The van der Waals surface area contributed by atoms with Crippen molar-refractivity contribution < 1.29 is 8.83 Å². The molecule has 98 heavy (non-hydrogen) atoms. The summed E-state index contributed by atoms with van der Waals surface area (Å²) in [5.41, 5.74) is 19.9. The molecule has 19 aromatic carbocycles. The Morgan fingerprint density at radius 3 is 1.11 bits per heavy atom. The van der Waals surface area contributed by atoms with E-state index in [1.54, 1.807) is 0 Å². The Morgan fingerprint density at radius 1 is 0.153 bits per heavy atom. The van der Waals surface area contributed by atoms with E-state index in [9.17, 15) is 0 Å². The first-order valence-electron chi connectivity index (χ1n) is 33.8. The topological polar surface area (TPSA) is 26.3 Å². The predicted octanol–water partition coefficient (Wildman–Crippen LogP) is 27.5. The molecule has 2 nitrogen and oxygen atoms in total. The molecule has 0 saturated carbocycles. The third-order valence-corrected chi connectivity index (χ3v) is 21.1. The van der Waals surface area contributed by atoms with Crippen LogP contribution in [0.1, 0.15) is 0 Å². The van der Waals surface area contributed by atoms with Gasteiger partial charge in [-0.2, -0.15) is 0 Å². The summed E-state index contributed by atoms with van der Waals surface area (Å²) in [7, 11) is 0. The van der Waals surface area contributed by atoms with E-state index in [1.807, 2.05) is 0 Å². The zero-order valence-corrected chi connectivity index (χ0v) is 53.1. The maximum Gasteiger partial charge on any atom is 0.144 e. The van der Waals surface area contributed by atoms with Crippen molar-refractivity contribution >= 4 is 141 Å². The van der Waals surface area contributed by atoms with Gasteiger partial charge in [-0.25, -0.2) is 0 Å². The molecule has 2 heteroatoms. The lowest BCUT2D eigenvalue weighted by Gasteiger charge is -2.19. The molecule has 0 N–H and O–H groups in total. The van der Waals surface area contributed by atoms with Crippen LogP contribution in [0.2, 0.25) is 0 Å². The minimum Gasteiger partial charge on any atom is -0.456 e. The van der Waals surface area contributed by atoms with Gasteiger partial charge in [-0.15, -0.1) is 0 Å². The van der Waals surface area contributed by atoms with E-state index >= 15 is 0 Å². The summed E-state index contributed by atoms with van der Waals surface area (Å²) < 4.78 is 14.5. The van der Waals surface area contributed by atoms with Gasteiger partial charge in [0.15, 0.2) is 0 Å². The van der Waals surface area contributed by atoms with Gasteiger partial charge in [-0.05, 0) is 230 Å². The highest BCUT2D eigenvalue weighted by Crippen LogP contribution is 2.51. The van der Waals surface area contributed by atoms with Crippen molar-refractivity contribution in [2.24, 2.45) is 0 Å².